The molecule has 2 amide bonds. The van der Waals surface area contributed by atoms with Gasteiger partial charge in [0.25, 0.3) is 0 Å². The van der Waals surface area contributed by atoms with E-state index in [-0.39, 0.29) is 17.9 Å². The van der Waals surface area contributed by atoms with Crippen LogP contribution in [0.25, 0.3) is 0 Å². The number of benzene rings is 1. The minimum Gasteiger partial charge on any atom is -0.373 e. The molecule has 0 aliphatic carbocycles. The third-order valence-electron chi connectivity index (χ3n) is 3.09. The van der Waals surface area contributed by atoms with Crippen molar-refractivity contribution in [2.24, 2.45) is 0 Å². The number of nitrogens with one attached hydrogen (secondary N) is 3. The van der Waals surface area contributed by atoms with E-state index in [2.05, 4.69) is 16.0 Å². The Morgan fingerprint density at radius 3 is 2.78 bits per heavy atom. The minimum absolute atomic E-state index is 0.151. The maximum Gasteiger partial charge on any atom is 0.243 e. The van der Waals surface area contributed by atoms with Crippen molar-refractivity contribution < 1.29 is 9.59 Å². The van der Waals surface area contributed by atoms with Gasteiger partial charge in [-0.2, -0.15) is 0 Å². The number of amides is 2. The third-order valence-corrected chi connectivity index (χ3v) is 3.09. The van der Waals surface area contributed by atoms with Crippen LogP contribution in [0.3, 0.4) is 0 Å². The number of fused-ring (bicyclic) bond motifs is 1. The summed E-state index contributed by atoms with van der Waals surface area (Å²) in [4.78, 5) is 23.3. The second-order valence-electron chi connectivity index (χ2n) is 4.40. The summed E-state index contributed by atoms with van der Waals surface area (Å²) in [5.74, 6) is -0.346. The van der Waals surface area contributed by atoms with E-state index in [1.165, 1.54) is 0 Å². The van der Waals surface area contributed by atoms with Gasteiger partial charge in [0, 0.05) is 19.2 Å². The smallest absolute Gasteiger partial charge is 0.243 e. The van der Waals surface area contributed by atoms with Crippen LogP contribution in [-0.2, 0) is 16.0 Å². The first-order valence-electron chi connectivity index (χ1n) is 5.98. The number of hydrogen-bond acceptors (Lipinski definition) is 3. The first kappa shape index (κ1) is 12.4. The fourth-order valence-corrected chi connectivity index (χ4v) is 2.05. The number of anilines is 1. The van der Waals surface area contributed by atoms with Crippen LogP contribution in [0.15, 0.2) is 24.3 Å². The SMILES string of the molecule is CNC(=O)C(C)NC(=O)C1Cc2ccccc2N1. The normalized spacial score (nSPS) is 18.4. The summed E-state index contributed by atoms with van der Waals surface area (Å²) in [5, 5.41) is 8.35. The predicted molar refractivity (Wildman–Crippen MR) is 69.2 cm³/mol. The number of likely N-dealkylation sites (N-methyl/N-ethyl adjacent to an activating group) is 1. The summed E-state index contributed by atoms with van der Waals surface area (Å²) in [5.41, 5.74) is 2.12. The third kappa shape index (κ3) is 2.45. The molecule has 0 spiro atoms. The molecule has 0 bridgehead atoms. The Morgan fingerprint density at radius 2 is 2.11 bits per heavy atom. The van der Waals surface area contributed by atoms with E-state index in [0.717, 1.165) is 11.3 Å². The summed E-state index contributed by atoms with van der Waals surface area (Å²) in [6, 6.07) is 7.01. The van der Waals surface area contributed by atoms with E-state index < -0.39 is 6.04 Å². The van der Waals surface area contributed by atoms with Gasteiger partial charge in [0.2, 0.25) is 11.8 Å². The summed E-state index contributed by atoms with van der Waals surface area (Å²) in [7, 11) is 1.55. The maximum atomic E-state index is 12.0. The molecule has 1 aromatic carbocycles. The average Bonchev–Trinajstić information content (AvgIpc) is 2.81. The van der Waals surface area contributed by atoms with Crippen molar-refractivity contribution in [3.63, 3.8) is 0 Å². The van der Waals surface area contributed by atoms with Crippen LogP contribution < -0.4 is 16.0 Å². The summed E-state index contributed by atoms with van der Waals surface area (Å²) in [6.45, 7) is 1.67. The van der Waals surface area contributed by atoms with E-state index in [9.17, 15) is 9.59 Å². The number of para-hydroxylation sites is 1. The number of carbonyl (C=O) groups is 2. The van der Waals surface area contributed by atoms with Gasteiger partial charge in [0.15, 0.2) is 0 Å². The molecule has 2 atom stereocenters. The van der Waals surface area contributed by atoms with Crippen LogP contribution >= 0.6 is 0 Å². The number of rotatable bonds is 3. The van der Waals surface area contributed by atoms with Gasteiger partial charge in [0.05, 0.1) is 0 Å². The predicted octanol–water partition coefficient (Wildman–Crippen LogP) is 0.274. The van der Waals surface area contributed by atoms with Crippen LogP contribution in [0.5, 0.6) is 0 Å². The average molecular weight is 247 g/mol. The molecular formula is C13H17N3O2. The number of hydrogen-bond donors (Lipinski definition) is 3. The Hall–Kier alpha value is -2.04. The van der Waals surface area contributed by atoms with Crippen LogP contribution in [0.2, 0.25) is 0 Å². The molecule has 0 aromatic heterocycles. The highest BCUT2D eigenvalue weighted by atomic mass is 16.2. The fourth-order valence-electron chi connectivity index (χ4n) is 2.05. The molecule has 2 rings (SSSR count). The van der Waals surface area contributed by atoms with Gasteiger partial charge in [-0.15, -0.1) is 0 Å². The molecule has 5 heteroatoms. The summed E-state index contributed by atoms with van der Waals surface area (Å²) < 4.78 is 0. The second kappa shape index (κ2) is 5.08. The molecule has 0 saturated heterocycles. The van der Waals surface area contributed by atoms with E-state index in [1.807, 2.05) is 24.3 Å². The first-order valence-corrected chi connectivity index (χ1v) is 5.98. The molecule has 0 radical (unpaired) electrons. The number of carbonyl (C=O) groups excluding carboxylic acids is 2. The molecule has 1 aliphatic heterocycles. The largest absolute Gasteiger partial charge is 0.373 e. The van der Waals surface area contributed by atoms with Gasteiger partial charge in [-0.05, 0) is 18.6 Å². The van der Waals surface area contributed by atoms with Crippen molar-refractivity contribution >= 4 is 17.5 Å². The van der Waals surface area contributed by atoms with Crippen molar-refractivity contribution in [3.05, 3.63) is 29.8 Å². The van der Waals surface area contributed by atoms with Gasteiger partial charge >= 0.3 is 0 Å². The van der Waals surface area contributed by atoms with Crippen LogP contribution in [-0.4, -0.2) is 30.9 Å². The highest BCUT2D eigenvalue weighted by Crippen LogP contribution is 2.25. The Morgan fingerprint density at radius 1 is 1.39 bits per heavy atom. The molecular weight excluding hydrogens is 230 g/mol. The highest BCUT2D eigenvalue weighted by molar-refractivity contribution is 5.92. The zero-order valence-electron chi connectivity index (χ0n) is 10.5. The van der Waals surface area contributed by atoms with Gasteiger partial charge in [-0.1, -0.05) is 18.2 Å². The summed E-state index contributed by atoms with van der Waals surface area (Å²) >= 11 is 0. The Kier molecular flexibility index (Phi) is 3.50. The zero-order chi connectivity index (χ0) is 13.1. The molecule has 1 heterocycles. The fraction of sp³-hybridized carbons (Fsp3) is 0.385. The van der Waals surface area contributed by atoms with E-state index >= 15 is 0 Å². The molecule has 2 unspecified atom stereocenters. The monoisotopic (exact) mass is 247 g/mol. The minimum atomic E-state index is -0.520. The topological polar surface area (TPSA) is 70.2 Å². The van der Waals surface area contributed by atoms with E-state index in [1.54, 1.807) is 14.0 Å². The maximum absolute atomic E-state index is 12.0. The van der Waals surface area contributed by atoms with Crippen LogP contribution in [0, 0.1) is 0 Å². The zero-order valence-corrected chi connectivity index (χ0v) is 10.5. The first-order chi connectivity index (χ1) is 8.61. The van der Waals surface area contributed by atoms with E-state index in [0.29, 0.717) is 6.42 Å². The van der Waals surface area contributed by atoms with E-state index in [4.69, 9.17) is 0 Å². The van der Waals surface area contributed by atoms with Crippen molar-refractivity contribution in [2.45, 2.75) is 25.4 Å². The molecule has 1 aliphatic rings. The van der Waals surface area contributed by atoms with Crippen molar-refractivity contribution in [3.8, 4) is 0 Å². The lowest BCUT2D eigenvalue weighted by atomic mass is 10.1. The van der Waals surface area contributed by atoms with Crippen molar-refractivity contribution in [1.29, 1.82) is 0 Å². The molecule has 96 valence electrons. The van der Waals surface area contributed by atoms with Crippen LogP contribution in [0.4, 0.5) is 5.69 Å². The molecule has 0 fully saturated rings. The highest BCUT2D eigenvalue weighted by Gasteiger charge is 2.27. The van der Waals surface area contributed by atoms with Gasteiger partial charge in [-0.25, -0.2) is 0 Å². The van der Waals surface area contributed by atoms with Gasteiger partial charge < -0.3 is 16.0 Å². The lowest BCUT2D eigenvalue weighted by Gasteiger charge is -2.16. The standard InChI is InChI=1S/C13H17N3O2/c1-8(12(17)14-2)15-13(18)11-7-9-5-3-4-6-10(9)16-11/h3-6,8,11,16H,7H2,1-2H3,(H,14,17)(H,15,18). The lowest BCUT2D eigenvalue weighted by Crippen LogP contribution is -2.48. The van der Waals surface area contributed by atoms with Gasteiger partial charge in [0.1, 0.15) is 12.1 Å². The lowest BCUT2D eigenvalue weighted by molar-refractivity contribution is -0.128. The Balaban J connectivity index is 1.95. The molecule has 18 heavy (non-hydrogen) atoms. The molecule has 5 nitrogen and oxygen atoms in total. The van der Waals surface area contributed by atoms with Gasteiger partial charge in [-0.3, -0.25) is 9.59 Å². The quantitative estimate of drug-likeness (QED) is 0.718. The Labute approximate surface area is 106 Å². The van der Waals surface area contributed by atoms with Crippen LogP contribution in [0.1, 0.15) is 12.5 Å². The molecule has 0 saturated carbocycles. The summed E-state index contributed by atoms with van der Waals surface area (Å²) in [6.07, 6.45) is 0.655. The molecule has 3 N–H and O–H groups in total. The Bertz CT molecular complexity index is 448. The van der Waals surface area contributed by atoms with Crippen molar-refractivity contribution in [1.82, 2.24) is 10.6 Å². The second-order valence-corrected chi connectivity index (χ2v) is 4.40. The molecule has 1 aromatic rings. The van der Waals surface area contributed by atoms with Crippen molar-refractivity contribution in [2.75, 3.05) is 12.4 Å².